The van der Waals surface area contributed by atoms with Gasteiger partial charge in [-0.3, -0.25) is 4.68 Å². The third-order valence-corrected chi connectivity index (χ3v) is 3.17. The van der Waals surface area contributed by atoms with Gasteiger partial charge >= 0.3 is 0 Å². The standard InChI is InChI=1S/C12H14ClFN4/c1-15-11(6-8-7-18(2)17-16-8)9-4-3-5-10(14)12(9)13/h3-5,7,11,15H,6H2,1-2H3. The van der Waals surface area contributed by atoms with Crippen molar-refractivity contribution >= 4 is 11.6 Å². The minimum absolute atomic E-state index is 0.0927. The molecule has 1 N–H and O–H groups in total. The van der Waals surface area contributed by atoms with E-state index >= 15 is 0 Å². The van der Waals surface area contributed by atoms with Crippen LogP contribution < -0.4 is 5.32 Å². The molecule has 18 heavy (non-hydrogen) atoms. The Kier molecular flexibility index (Phi) is 3.93. The lowest BCUT2D eigenvalue weighted by Gasteiger charge is -2.16. The molecule has 1 unspecified atom stereocenters. The van der Waals surface area contributed by atoms with E-state index in [-0.39, 0.29) is 11.1 Å². The molecule has 1 atom stereocenters. The Labute approximate surface area is 110 Å². The molecule has 6 heteroatoms. The predicted molar refractivity (Wildman–Crippen MR) is 67.9 cm³/mol. The molecule has 2 rings (SSSR count). The first kappa shape index (κ1) is 13.0. The normalized spacial score (nSPS) is 12.7. The molecule has 0 spiro atoms. The summed E-state index contributed by atoms with van der Waals surface area (Å²) in [6, 6.07) is 4.71. The molecule has 1 aromatic heterocycles. The smallest absolute Gasteiger partial charge is 0.142 e. The minimum Gasteiger partial charge on any atom is -0.313 e. The summed E-state index contributed by atoms with van der Waals surface area (Å²) in [4.78, 5) is 0. The molecule has 1 heterocycles. The van der Waals surface area contributed by atoms with Crippen molar-refractivity contribution in [2.75, 3.05) is 7.05 Å². The van der Waals surface area contributed by atoms with Crippen molar-refractivity contribution in [2.24, 2.45) is 7.05 Å². The van der Waals surface area contributed by atoms with Crippen LogP contribution in [-0.2, 0) is 13.5 Å². The molecular weight excluding hydrogens is 255 g/mol. The van der Waals surface area contributed by atoms with E-state index < -0.39 is 5.82 Å². The molecule has 0 saturated heterocycles. The number of aryl methyl sites for hydroxylation is 1. The van der Waals surface area contributed by atoms with E-state index in [9.17, 15) is 4.39 Å². The lowest BCUT2D eigenvalue weighted by Crippen LogP contribution is -2.19. The fourth-order valence-corrected chi connectivity index (χ4v) is 2.11. The highest BCUT2D eigenvalue weighted by atomic mass is 35.5. The number of hydrogen-bond acceptors (Lipinski definition) is 3. The zero-order valence-corrected chi connectivity index (χ0v) is 10.9. The second kappa shape index (κ2) is 5.46. The SMILES string of the molecule is CNC(Cc1cn(C)nn1)c1cccc(F)c1Cl. The predicted octanol–water partition coefficient (Wildman–Crippen LogP) is 2.11. The van der Waals surface area contributed by atoms with Gasteiger partial charge in [-0.05, 0) is 18.7 Å². The summed E-state index contributed by atoms with van der Waals surface area (Å²) in [5, 5.41) is 11.2. The molecule has 1 aromatic carbocycles. The van der Waals surface area contributed by atoms with Crippen molar-refractivity contribution in [1.82, 2.24) is 20.3 Å². The number of nitrogens with zero attached hydrogens (tertiary/aromatic N) is 3. The van der Waals surface area contributed by atoms with Gasteiger partial charge in [0.25, 0.3) is 0 Å². The summed E-state index contributed by atoms with van der Waals surface area (Å²) in [5.74, 6) is -0.409. The highest BCUT2D eigenvalue weighted by Gasteiger charge is 2.17. The van der Waals surface area contributed by atoms with Crippen molar-refractivity contribution in [3.8, 4) is 0 Å². The number of hydrogen-bond donors (Lipinski definition) is 1. The van der Waals surface area contributed by atoms with Gasteiger partial charge in [0.05, 0.1) is 10.7 Å². The molecule has 0 bridgehead atoms. The van der Waals surface area contributed by atoms with Gasteiger partial charge < -0.3 is 5.32 Å². The van der Waals surface area contributed by atoms with Crippen molar-refractivity contribution in [1.29, 1.82) is 0 Å². The molecule has 0 radical (unpaired) electrons. The molecule has 96 valence electrons. The lowest BCUT2D eigenvalue weighted by atomic mass is 10.0. The van der Waals surface area contributed by atoms with Crippen molar-refractivity contribution in [3.63, 3.8) is 0 Å². The van der Waals surface area contributed by atoms with Crippen LogP contribution in [0.15, 0.2) is 24.4 Å². The van der Waals surface area contributed by atoms with E-state index in [0.717, 1.165) is 11.3 Å². The summed E-state index contributed by atoms with van der Waals surface area (Å²) >= 11 is 5.98. The van der Waals surface area contributed by atoms with E-state index in [4.69, 9.17) is 11.6 Å². The first-order valence-corrected chi connectivity index (χ1v) is 5.96. The fourth-order valence-electron chi connectivity index (χ4n) is 1.86. The fraction of sp³-hybridized carbons (Fsp3) is 0.333. The number of aromatic nitrogens is 3. The van der Waals surface area contributed by atoms with Crippen LogP contribution in [0.5, 0.6) is 0 Å². The third kappa shape index (κ3) is 2.68. The van der Waals surface area contributed by atoms with Crippen LogP contribution >= 0.6 is 11.6 Å². The molecule has 4 nitrogen and oxygen atoms in total. The average molecular weight is 269 g/mol. The molecule has 2 aromatic rings. The van der Waals surface area contributed by atoms with E-state index in [0.29, 0.717) is 6.42 Å². The van der Waals surface area contributed by atoms with Gasteiger partial charge in [0.1, 0.15) is 5.82 Å². The minimum atomic E-state index is -0.409. The van der Waals surface area contributed by atoms with Crippen LogP contribution in [0.1, 0.15) is 17.3 Å². The zero-order chi connectivity index (χ0) is 13.1. The topological polar surface area (TPSA) is 42.7 Å². The van der Waals surface area contributed by atoms with Crippen molar-refractivity contribution in [2.45, 2.75) is 12.5 Å². The van der Waals surface area contributed by atoms with Crippen LogP contribution in [0.2, 0.25) is 5.02 Å². The Hall–Kier alpha value is -1.46. The maximum atomic E-state index is 13.4. The lowest BCUT2D eigenvalue weighted by molar-refractivity contribution is 0.571. The maximum absolute atomic E-state index is 13.4. The Balaban J connectivity index is 2.25. The zero-order valence-electron chi connectivity index (χ0n) is 10.2. The van der Waals surface area contributed by atoms with E-state index in [2.05, 4.69) is 15.6 Å². The Morgan fingerprint density at radius 1 is 1.50 bits per heavy atom. The Morgan fingerprint density at radius 2 is 2.28 bits per heavy atom. The Morgan fingerprint density at radius 3 is 2.89 bits per heavy atom. The summed E-state index contributed by atoms with van der Waals surface area (Å²) in [7, 11) is 3.61. The second-order valence-corrected chi connectivity index (χ2v) is 4.45. The number of benzene rings is 1. The first-order chi connectivity index (χ1) is 8.61. The quantitative estimate of drug-likeness (QED) is 0.924. The van der Waals surface area contributed by atoms with Crippen LogP contribution in [0.3, 0.4) is 0 Å². The van der Waals surface area contributed by atoms with Crippen LogP contribution in [0, 0.1) is 5.82 Å². The van der Waals surface area contributed by atoms with Gasteiger partial charge in [0.2, 0.25) is 0 Å². The highest BCUT2D eigenvalue weighted by Crippen LogP contribution is 2.27. The van der Waals surface area contributed by atoms with Gasteiger partial charge in [-0.25, -0.2) is 4.39 Å². The molecule has 0 aliphatic rings. The number of rotatable bonds is 4. The van der Waals surface area contributed by atoms with Gasteiger partial charge in [0.15, 0.2) is 0 Å². The van der Waals surface area contributed by atoms with Gasteiger partial charge in [-0.2, -0.15) is 0 Å². The molecule has 0 fully saturated rings. The van der Waals surface area contributed by atoms with Crippen molar-refractivity contribution < 1.29 is 4.39 Å². The summed E-state index contributed by atoms with van der Waals surface area (Å²) in [6.07, 6.45) is 2.44. The summed E-state index contributed by atoms with van der Waals surface area (Å²) in [6.45, 7) is 0. The van der Waals surface area contributed by atoms with Crippen LogP contribution in [-0.4, -0.2) is 22.0 Å². The average Bonchev–Trinajstić information content (AvgIpc) is 2.76. The number of likely N-dealkylation sites (N-methyl/N-ethyl adjacent to an activating group) is 1. The van der Waals surface area contributed by atoms with Crippen LogP contribution in [0.4, 0.5) is 4.39 Å². The third-order valence-electron chi connectivity index (χ3n) is 2.77. The van der Waals surface area contributed by atoms with E-state index in [1.807, 2.05) is 19.3 Å². The molecule has 0 aliphatic carbocycles. The Bertz CT molecular complexity index is 541. The molecule has 0 saturated carbocycles. The summed E-state index contributed by atoms with van der Waals surface area (Å²) < 4.78 is 15.1. The molecule has 0 amide bonds. The van der Waals surface area contributed by atoms with Gasteiger partial charge in [-0.1, -0.05) is 28.9 Å². The van der Waals surface area contributed by atoms with Crippen molar-refractivity contribution in [3.05, 3.63) is 46.5 Å². The highest BCUT2D eigenvalue weighted by molar-refractivity contribution is 6.31. The van der Waals surface area contributed by atoms with Crippen LogP contribution in [0.25, 0.3) is 0 Å². The van der Waals surface area contributed by atoms with E-state index in [1.54, 1.807) is 17.8 Å². The maximum Gasteiger partial charge on any atom is 0.142 e. The largest absolute Gasteiger partial charge is 0.313 e. The van der Waals surface area contributed by atoms with Gasteiger partial charge in [0, 0.05) is 25.7 Å². The molecule has 0 aliphatic heterocycles. The summed E-state index contributed by atoms with van der Waals surface area (Å²) in [5.41, 5.74) is 1.56. The first-order valence-electron chi connectivity index (χ1n) is 5.58. The molecular formula is C12H14ClFN4. The van der Waals surface area contributed by atoms with E-state index in [1.165, 1.54) is 6.07 Å². The number of nitrogens with one attached hydrogen (secondary N) is 1. The second-order valence-electron chi connectivity index (χ2n) is 4.07. The number of halogens is 2. The monoisotopic (exact) mass is 268 g/mol. The van der Waals surface area contributed by atoms with Gasteiger partial charge in [-0.15, -0.1) is 5.10 Å².